The van der Waals surface area contributed by atoms with E-state index in [1.165, 1.54) is 12.8 Å². The third-order valence-electron chi connectivity index (χ3n) is 3.81. The molecular formula is C16H22BrNO2. The van der Waals surface area contributed by atoms with Crippen LogP contribution in [0.4, 0.5) is 0 Å². The van der Waals surface area contributed by atoms with Gasteiger partial charge in [-0.2, -0.15) is 0 Å². The fourth-order valence-electron chi connectivity index (χ4n) is 2.64. The minimum Gasteiger partial charge on any atom is -0.465 e. The average Bonchev–Trinajstić information content (AvgIpc) is 2.92. The van der Waals surface area contributed by atoms with E-state index in [1.54, 1.807) is 0 Å². The van der Waals surface area contributed by atoms with Gasteiger partial charge in [-0.25, -0.2) is 4.79 Å². The predicted octanol–water partition coefficient (Wildman–Crippen LogP) is 3.89. The van der Waals surface area contributed by atoms with E-state index in [0.717, 1.165) is 28.4 Å². The third kappa shape index (κ3) is 3.83. The van der Waals surface area contributed by atoms with Crippen molar-refractivity contribution in [3.05, 3.63) is 33.8 Å². The highest BCUT2D eigenvalue weighted by atomic mass is 79.9. The van der Waals surface area contributed by atoms with E-state index in [0.29, 0.717) is 12.6 Å². The summed E-state index contributed by atoms with van der Waals surface area (Å²) in [5, 5.41) is 3.47. The quantitative estimate of drug-likeness (QED) is 0.827. The van der Waals surface area contributed by atoms with Gasteiger partial charge in [0.05, 0.1) is 6.61 Å². The monoisotopic (exact) mass is 339 g/mol. The van der Waals surface area contributed by atoms with Crippen LogP contribution < -0.4 is 5.32 Å². The minimum absolute atomic E-state index is 0.185. The first-order chi connectivity index (χ1) is 9.61. The highest BCUT2D eigenvalue weighted by Gasteiger charge is 2.26. The maximum Gasteiger partial charge on any atom is 0.327 e. The van der Waals surface area contributed by atoms with Crippen molar-refractivity contribution in [1.82, 2.24) is 5.32 Å². The molecular weight excluding hydrogens is 318 g/mol. The summed E-state index contributed by atoms with van der Waals surface area (Å²) >= 11 is 3.54. The maximum atomic E-state index is 12.2. The molecule has 1 N–H and O–H groups in total. The molecule has 1 atom stereocenters. The minimum atomic E-state index is -0.366. The smallest absolute Gasteiger partial charge is 0.327 e. The fourth-order valence-corrected chi connectivity index (χ4v) is 3.04. The Morgan fingerprint density at radius 2 is 2.15 bits per heavy atom. The second-order valence-electron chi connectivity index (χ2n) is 5.34. The first kappa shape index (κ1) is 15.5. The van der Waals surface area contributed by atoms with Gasteiger partial charge in [0, 0.05) is 10.5 Å². The summed E-state index contributed by atoms with van der Waals surface area (Å²) in [5.74, 6) is -0.185. The van der Waals surface area contributed by atoms with Gasteiger partial charge in [-0.15, -0.1) is 0 Å². The number of carbonyl (C=O) groups excluding carboxylic acids is 1. The van der Waals surface area contributed by atoms with Crippen LogP contribution in [0.15, 0.2) is 22.7 Å². The second kappa shape index (κ2) is 7.23. The molecule has 0 heterocycles. The molecule has 1 aromatic carbocycles. The number of ether oxygens (including phenoxy) is 1. The Morgan fingerprint density at radius 3 is 2.75 bits per heavy atom. The molecule has 2 rings (SSSR count). The highest BCUT2D eigenvalue weighted by molar-refractivity contribution is 9.10. The number of benzene rings is 1. The number of esters is 1. The SMILES string of the molecule is CCOC(=O)C(NC1CCCC1)c1ccc(C)c(Br)c1. The summed E-state index contributed by atoms with van der Waals surface area (Å²) < 4.78 is 6.25. The fraction of sp³-hybridized carbons (Fsp3) is 0.562. The molecule has 0 radical (unpaired) electrons. The number of nitrogens with one attached hydrogen (secondary N) is 1. The average molecular weight is 340 g/mol. The van der Waals surface area contributed by atoms with E-state index in [2.05, 4.69) is 21.2 Å². The van der Waals surface area contributed by atoms with Gasteiger partial charge in [-0.05, 0) is 43.9 Å². The lowest BCUT2D eigenvalue weighted by Gasteiger charge is -2.22. The first-order valence-corrected chi connectivity index (χ1v) is 8.10. The Hall–Kier alpha value is -0.870. The molecule has 1 saturated carbocycles. The zero-order valence-corrected chi connectivity index (χ0v) is 13.7. The summed E-state index contributed by atoms with van der Waals surface area (Å²) in [7, 11) is 0. The van der Waals surface area contributed by atoms with Gasteiger partial charge in [0.25, 0.3) is 0 Å². The van der Waals surface area contributed by atoms with Gasteiger partial charge in [-0.3, -0.25) is 5.32 Å². The van der Waals surface area contributed by atoms with Crippen LogP contribution in [-0.4, -0.2) is 18.6 Å². The zero-order valence-electron chi connectivity index (χ0n) is 12.1. The van der Waals surface area contributed by atoms with Crippen molar-refractivity contribution in [1.29, 1.82) is 0 Å². The summed E-state index contributed by atoms with van der Waals surface area (Å²) in [4.78, 5) is 12.2. The van der Waals surface area contributed by atoms with E-state index < -0.39 is 0 Å². The van der Waals surface area contributed by atoms with E-state index in [4.69, 9.17) is 4.74 Å². The molecule has 0 spiro atoms. The zero-order chi connectivity index (χ0) is 14.5. The molecule has 0 aliphatic heterocycles. The van der Waals surface area contributed by atoms with Crippen LogP contribution in [0.2, 0.25) is 0 Å². The lowest BCUT2D eigenvalue weighted by molar-refractivity contribution is -0.146. The van der Waals surface area contributed by atoms with Gasteiger partial charge in [0.15, 0.2) is 0 Å². The van der Waals surface area contributed by atoms with Crippen LogP contribution in [0.3, 0.4) is 0 Å². The number of halogens is 1. The van der Waals surface area contributed by atoms with Crippen LogP contribution in [0.25, 0.3) is 0 Å². The molecule has 0 amide bonds. The van der Waals surface area contributed by atoms with E-state index in [9.17, 15) is 4.79 Å². The molecule has 1 aliphatic rings. The topological polar surface area (TPSA) is 38.3 Å². The molecule has 0 saturated heterocycles. The Morgan fingerprint density at radius 1 is 1.45 bits per heavy atom. The van der Waals surface area contributed by atoms with Crippen LogP contribution in [0, 0.1) is 6.92 Å². The van der Waals surface area contributed by atoms with Gasteiger partial charge < -0.3 is 4.74 Å². The Kier molecular flexibility index (Phi) is 5.61. The summed E-state index contributed by atoms with van der Waals surface area (Å²) in [5.41, 5.74) is 2.13. The van der Waals surface area contributed by atoms with Crippen molar-refractivity contribution in [3.63, 3.8) is 0 Å². The Labute approximate surface area is 129 Å². The molecule has 110 valence electrons. The molecule has 1 aromatic rings. The van der Waals surface area contributed by atoms with Crippen molar-refractivity contribution < 1.29 is 9.53 Å². The van der Waals surface area contributed by atoms with Crippen LogP contribution in [0.1, 0.15) is 49.8 Å². The third-order valence-corrected chi connectivity index (χ3v) is 4.66. The van der Waals surface area contributed by atoms with Crippen molar-refractivity contribution in [2.75, 3.05) is 6.61 Å². The molecule has 1 unspecified atom stereocenters. The summed E-state index contributed by atoms with van der Waals surface area (Å²) in [6.45, 7) is 4.29. The van der Waals surface area contributed by atoms with Crippen molar-refractivity contribution >= 4 is 21.9 Å². The summed E-state index contributed by atoms with van der Waals surface area (Å²) in [6, 6.07) is 6.10. The number of rotatable bonds is 5. The van der Waals surface area contributed by atoms with Crippen molar-refractivity contribution in [2.24, 2.45) is 0 Å². The Bertz CT molecular complexity index is 470. The molecule has 1 aliphatic carbocycles. The Balaban J connectivity index is 2.19. The summed E-state index contributed by atoms with van der Waals surface area (Å²) in [6.07, 6.45) is 4.77. The van der Waals surface area contributed by atoms with Crippen molar-refractivity contribution in [2.45, 2.75) is 51.6 Å². The van der Waals surface area contributed by atoms with Crippen molar-refractivity contribution in [3.8, 4) is 0 Å². The molecule has 4 heteroatoms. The van der Waals surface area contributed by atoms with E-state index in [1.807, 2.05) is 32.0 Å². The normalized spacial score (nSPS) is 17.1. The standard InChI is InChI=1S/C16H22BrNO2/c1-3-20-16(19)15(18-13-6-4-5-7-13)12-9-8-11(2)14(17)10-12/h8-10,13,15,18H,3-7H2,1-2H3. The number of aryl methyl sites for hydroxylation is 1. The van der Waals surface area contributed by atoms with E-state index in [-0.39, 0.29) is 12.0 Å². The van der Waals surface area contributed by atoms with Crippen LogP contribution in [-0.2, 0) is 9.53 Å². The van der Waals surface area contributed by atoms with Gasteiger partial charge >= 0.3 is 5.97 Å². The molecule has 3 nitrogen and oxygen atoms in total. The van der Waals surface area contributed by atoms with Crippen LogP contribution >= 0.6 is 15.9 Å². The highest BCUT2D eigenvalue weighted by Crippen LogP contribution is 2.26. The van der Waals surface area contributed by atoms with Gasteiger partial charge in [-0.1, -0.05) is 40.9 Å². The number of carbonyl (C=O) groups is 1. The first-order valence-electron chi connectivity index (χ1n) is 7.30. The number of hydrogen-bond acceptors (Lipinski definition) is 3. The molecule has 0 bridgehead atoms. The molecule has 1 fully saturated rings. The van der Waals surface area contributed by atoms with Gasteiger partial charge in [0.2, 0.25) is 0 Å². The van der Waals surface area contributed by atoms with Crippen LogP contribution in [0.5, 0.6) is 0 Å². The lowest BCUT2D eigenvalue weighted by atomic mass is 10.0. The number of hydrogen-bond donors (Lipinski definition) is 1. The van der Waals surface area contributed by atoms with Gasteiger partial charge in [0.1, 0.15) is 6.04 Å². The molecule has 20 heavy (non-hydrogen) atoms. The second-order valence-corrected chi connectivity index (χ2v) is 6.20. The lowest BCUT2D eigenvalue weighted by Crippen LogP contribution is -2.36. The maximum absolute atomic E-state index is 12.2. The largest absolute Gasteiger partial charge is 0.465 e. The molecule has 0 aromatic heterocycles. The van der Waals surface area contributed by atoms with E-state index >= 15 is 0 Å². The predicted molar refractivity (Wildman–Crippen MR) is 83.6 cm³/mol.